The summed E-state index contributed by atoms with van der Waals surface area (Å²) in [4.78, 5) is 1.47. The summed E-state index contributed by atoms with van der Waals surface area (Å²) in [6, 6.07) is 8.06. The van der Waals surface area contributed by atoms with E-state index in [4.69, 9.17) is 16.3 Å². The van der Waals surface area contributed by atoms with E-state index < -0.39 is 0 Å². The highest BCUT2D eigenvalue weighted by atomic mass is 35.5. The molecule has 1 fully saturated rings. The Morgan fingerprint density at radius 2 is 2.00 bits per heavy atom. The molecule has 1 saturated heterocycles. The van der Waals surface area contributed by atoms with Crippen molar-refractivity contribution in [3.8, 4) is 0 Å². The van der Waals surface area contributed by atoms with Gasteiger partial charge >= 0.3 is 0 Å². The molecule has 13 heavy (non-hydrogen) atoms. The van der Waals surface area contributed by atoms with Gasteiger partial charge in [0.2, 0.25) is 0 Å². The van der Waals surface area contributed by atoms with E-state index in [1.54, 1.807) is 0 Å². The van der Waals surface area contributed by atoms with Crippen molar-refractivity contribution in [3.05, 3.63) is 29.3 Å². The summed E-state index contributed by atoms with van der Waals surface area (Å²) in [5.74, 6) is 0. The third-order valence-corrected chi connectivity index (χ3v) is 2.56. The average molecular weight is 199 g/mol. The Morgan fingerprint density at radius 3 is 2.69 bits per heavy atom. The molecular formula is C10H13ClNO+. The molecule has 1 aliphatic heterocycles. The molecule has 2 nitrogen and oxygen atoms in total. The van der Waals surface area contributed by atoms with Gasteiger partial charge in [-0.15, -0.1) is 0 Å². The number of morpholine rings is 1. The number of nitrogens with one attached hydrogen (secondary N) is 1. The van der Waals surface area contributed by atoms with Gasteiger partial charge in [0.25, 0.3) is 0 Å². The van der Waals surface area contributed by atoms with Crippen LogP contribution < -0.4 is 4.90 Å². The molecule has 0 aliphatic carbocycles. The Labute approximate surface area is 83.1 Å². The maximum atomic E-state index is 5.92. The van der Waals surface area contributed by atoms with Gasteiger partial charge in [-0.1, -0.05) is 17.7 Å². The van der Waals surface area contributed by atoms with Crippen LogP contribution in [0.1, 0.15) is 0 Å². The molecule has 0 spiro atoms. The van der Waals surface area contributed by atoms with Gasteiger partial charge in [0.1, 0.15) is 18.8 Å². The second-order valence-corrected chi connectivity index (χ2v) is 3.66. The van der Waals surface area contributed by atoms with E-state index in [1.165, 1.54) is 10.6 Å². The van der Waals surface area contributed by atoms with Crippen LogP contribution >= 0.6 is 11.6 Å². The van der Waals surface area contributed by atoms with Crippen LogP contribution in [-0.4, -0.2) is 26.3 Å². The van der Waals surface area contributed by atoms with Crippen LogP contribution in [0.25, 0.3) is 0 Å². The third kappa shape index (κ3) is 2.21. The van der Waals surface area contributed by atoms with Gasteiger partial charge in [-0.3, -0.25) is 4.90 Å². The normalized spacial score (nSPS) is 18.8. The Hall–Kier alpha value is -0.570. The Morgan fingerprint density at radius 1 is 1.23 bits per heavy atom. The smallest absolute Gasteiger partial charge is 0.132 e. The van der Waals surface area contributed by atoms with Crippen LogP contribution in [0.2, 0.25) is 5.02 Å². The van der Waals surface area contributed by atoms with Gasteiger partial charge < -0.3 is 4.74 Å². The lowest BCUT2D eigenvalue weighted by atomic mass is 10.2. The average Bonchev–Trinajstić information content (AvgIpc) is 2.19. The zero-order valence-corrected chi connectivity index (χ0v) is 8.18. The zero-order valence-electron chi connectivity index (χ0n) is 7.42. The number of hydrogen-bond acceptors (Lipinski definition) is 1. The molecule has 1 heterocycles. The highest BCUT2D eigenvalue weighted by molar-refractivity contribution is 6.30. The van der Waals surface area contributed by atoms with Gasteiger partial charge in [-0.2, -0.15) is 0 Å². The molecule has 2 rings (SSSR count). The highest BCUT2D eigenvalue weighted by Gasteiger charge is 2.15. The summed E-state index contributed by atoms with van der Waals surface area (Å²) < 4.78 is 5.30. The summed E-state index contributed by atoms with van der Waals surface area (Å²) >= 11 is 5.92. The van der Waals surface area contributed by atoms with E-state index in [9.17, 15) is 0 Å². The number of benzene rings is 1. The van der Waals surface area contributed by atoms with Crippen molar-refractivity contribution in [2.24, 2.45) is 0 Å². The maximum absolute atomic E-state index is 5.92. The minimum Gasteiger partial charge on any atom is -0.370 e. The quantitative estimate of drug-likeness (QED) is 0.708. The number of quaternary nitrogens is 1. The molecule has 0 unspecified atom stereocenters. The fourth-order valence-corrected chi connectivity index (χ4v) is 1.81. The minimum atomic E-state index is 0.816. The number of halogens is 1. The van der Waals surface area contributed by atoms with Gasteiger partial charge in [-0.05, 0) is 12.1 Å². The molecule has 1 N–H and O–H groups in total. The number of hydrogen-bond donors (Lipinski definition) is 1. The first kappa shape index (κ1) is 9.00. The van der Waals surface area contributed by atoms with Crippen LogP contribution in [0.15, 0.2) is 24.3 Å². The molecule has 0 aromatic heterocycles. The Kier molecular flexibility index (Phi) is 2.83. The zero-order chi connectivity index (χ0) is 9.10. The standard InChI is InChI=1S/C10H12ClNO/c11-9-2-1-3-10(8-9)12-4-6-13-7-5-12/h1-3,8H,4-7H2/p+1. The van der Waals surface area contributed by atoms with Gasteiger partial charge in [0, 0.05) is 11.1 Å². The van der Waals surface area contributed by atoms with Crippen LogP contribution in [0, 0.1) is 0 Å². The van der Waals surface area contributed by atoms with E-state index in [1.807, 2.05) is 18.2 Å². The molecule has 0 saturated carbocycles. The fraction of sp³-hybridized carbons (Fsp3) is 0.400. The lowest BCUT2D eigenvalue weighted by Crippen LogP contribution is -3.09. The van der Waals surface area contributed by atoms with E-state index >= 15 is 0 Å². The summed E-state index contributed by atoms with van der Waals surface area (Å²) in [6.45, 7) is 3.78. The lowest BCUT2D eigenvalue weighted by molar-refractivity contribution is -0.842. The first-order valence-corrected chi connectivity index (χ1v) is 4.92. The van der Waals surface area contributed by atoms with Crippen molar-refractivity contribution in [3.63, 3.8) is 0 Å². The Bertz CT molecular complexity index is 284. The summed E-state index contributed by atoms with van der Waals surface area (Å²) in [6.07, 6.45) is 0. The topological polar surface area (TPSA) is 13.7 Å². The van der Waals surface area contributed by atoms with Crippen molar-refractivity contribution in [1.29, 1.82) is 0 Å². The van der Waals surface area contributed by atoms with Crippen molar-refractivity contribution in [2.45, 2.75) is 0 Å². The molecule has 0 radical (unpaired) electrons. The molecule has 3 heteroatoms. The minimum absolute atomic E-state index is 0.816. The second kappa shape index (κ2) is 4.09. The van der Waals surface area contributed by atoms with Gasteiger partial charge in [0.05, 0.1) is 13.2 Å². The second-order valence-electron chi connectivity index (χ2n) is 3.23. The van der Waals surface area contributed by atoms with E-state index in [-0.39, 0.29) is 0 Å². The van der Waals surface area contributed by atoms with E-state index in [2.05, 4.69) is 6.07 Å². The molecule has 0 amide bonds. The predicted molar refractivity (Wildman–Crippen MR) is 52.6 cm³/mol. The van der Waals surface area contributed by atoms with Crippen LogP contribution in [0.4, 0.5) is 5.69 Å². The molecule has 1 aliphatic rings. The molecule has 0 bridgehead atoms. The van der Waals surface area contributed by atoms with Crippen LogP contribution in [0.5, 0.6) is 0 Å². The number of rotatable bonds is 1. The largest absolute Gasteiger partial charge is 0.370 e. The molecule has 1 aromatic rings. The number of ether oxygens (including phenoxy) is 1. The highest BCUT2D eigenvalue weighted by Crippen LogP contribution is 2.11. The van der Waals surface area contributed by atoms with Crippen molar-refractivity contribution in [2.75, 3.05) is 26.3 Å². The van der Waals surface area contributed by atoms with Crippen molar-refractivity contribution < 1.29 is 9.64 Å². The predicted octanol–water partition coefficient (Wildman–Crippen LogP) is 0.887. The molecular weight excluding hydrogens is 186 g/mol. The summed E-state index contributed by atoms with van der Waals surface area (Å²) in [5, 5.41) is 0.816. The first-order chi connectivity index (χ1) is 6.36. The molecule has 1 aromatic carbocycles. The van der Waals surface area contributed by atoms with E-state index in [0.717, 1.165) is 31.3 Å². The maximum Gasteiger partial charge on any atom is 0.132 e. The third-order valence-electron chi connectivity index (χ3n) is 2.33. The molecule has 0 atom stereocenters. The fourth-order valence-electron chi connectivity index (χ4n) is 1.61. The van der Waals surface area contributed by atoms with Crippen molar-refractivity contribution in [1.82, 2.24) is 0 Å². The van der Waals surface area contributed by atoms with E-state index in [0.29, 0.717) is 0 Å². The first-order valence-electron chi connectivity index (χ1n) is 4.54. The monoisotopic (exact) mass is 198 g/mol. The Balaban J connectivity index is 2.14. The summed E-state index contributed by atoms with van der Waals surface area (Å²) in [5.41, 5.74) is 1.27. The van der Waals surface area contributed by atoms with Gasteiger partial charge in [-0.25, -0.2) is 0 Å². The lowest BCUT2D eigenvalue weighted by Gasteiger charge is -2.23. The SMILES string of the molecule is Clc1cccc([NH+]2CCOCC2)c1. The van der Waals surface area contributed by atoms with Crippen molar-refractivity contribution >= 4 is 17.3 Å². The summed E-state index contributed by atoms with van der Waals surface area (Å²) in [7, 11) is 0. The van der Waals surface area contributed by atoms with Crippen LogP contribution in [0.3, 0.4) is 0 Å². The van der Waals surface area contributed by atoms with Crippen LogP contribution in [-0.2, 0) is 4.74 Å². The van der Waals surface area contributed by atoms with Gasteiger partial charge in [0.15, 0.2) is 0 Å². The molecule has 70 valence electrons.